The molecule has 0 aromatic heterocycles. The predicted octanol–water partition coefficient (Wildman–Crippen LogP) is 1.04. The second-order valence-corrected chi connectivity index (χ2v) is 5.55. The Labute approximate surface area is 118 Å². The van der Waals surface area contributed by atoms with Gasteiger partial charge in [0, 0.05) is 4.47 Å². The number of carboxylic acid groups (broad SMARTS) is 1. The Morgan fingerprint density at radius 1 is 1.32 bits per heavy atom. The normalized spacial score (nSPS) is 17.6. The van der Waals surface area contributed by atoms with Crippen LogP contribution in [0.3, 0.4) is 0 Å². The fourth-order valence-corrected chi connectivity index (χ4v) is 2.29. The maximum atomic E-state index is 12.2. The average molecular weight is 328 g/mol. The van der Waals surface area contributed by atoms with Crippen LogP contribution in [0, 0.1) is 0 Å². The summed E-state index contributed by atoms with van der Waals surface area (Å²) in [6, 6.07) is 6.16. The van der Waals surface area contributed by atoms with Crippen LogP contribution in [0.2, 0.25) is 0 Å². The highest BCUT2D eigenvalue weighted by molar-refractivity contribution is 9.10. The van der Waals surface area contributed by atoms with E-state index in [4.69, 9.17) is 10.2 Å². The van der Waals surface area contributed by atoms with Gasteiger partial charge < -0.3 is 15.5 Å². The highest BCUT2D eigenvalue weighted by Gasteiger charge is 2.51. The number of benzene rings is 1. The molecule has 0 saturated heterocycles. The van der Waals surface area contributed by atoms with E-state index in [0.717, 1.165) is 10.0 Å². The number of rotatable bonds is 5. The summed E-state index contributed by atoms with van der Waals surface area (Å²) in [5.41, 5.74) is 0.235. The lowest BCUT2D eigenvalue weighted by Crippen LogP contribution is -2.47. The lowest BCUT2D eigenvalue weighted by molar-refractivity contribution is -0.143. The third-order valence-corrected chi connectivity index (χ3v) is 3.90. The number of hydrogen-bond donors (Lipinski definition) is 3. The van der Waals surface area contributed by atoms with E-state index < -0.39 is 24.0 Å². The third kappa shape index (κ3) is 2.79. The molecule has 1 aromatic carbocycles. The van der Waals surface area contributed by atoms with E-state index in [2.05, 4.69) is 21.2 Å². The maximum absolute atomic E-state index is 12.2. The van der Waals surface area contributed by atoms with Crippen molar-refractivity contribution in [3.05, 3.63) is 34.3 Å². The number of aliphatic carboxylic acids is 1. The Bertz CT molecular complexity index is 496. The molecule has 1 aromatic rings. The van der Waals surface area contributed by atoms with Crippen LogP contribution in [0.1, 0.15) is 18.4 Å². The Morgan fingerprint density at radius 3 is 2.32 bits per heavy atom. The fraction of sp³-hybridized carbons (Fsp3) is 0.385. The van der Waals surface area contributed by atoms with Crippen molar-refractivity contribution >= 4 is 27.8 Å². The number of amides is 1. The molecule has 19 heavy (non-hydrogen) atoms. The minimum absolute atomic E-state index is 0.337. The van der Waals surface area contributed by atoms with Crippen molar-refractivity contribution < 1.29 is 19.8 Å². The van der Waals surface area contributed by atoms with Crippen LogP contribution < -0.4 is 5.32 Å². The monoisotopic (exact) mass is 327 g/mol. The van der Waals surface area contributed by atoms with Gasteiger partial charge in [-0.2, -0.15) is 0 Å². The number of aliphatic hydroxyl groups is 1. The number of hydrogen-bond acceptors (Lipinski definition) is 3. The van der Waals surface area contributed by atoms with Crippen molar-refractivity contribution in [2.75, 3.05) is 6.61 Å². The van der Waals surface area contributed by atoms with Gasteiger partial charge in [0.15, 0.2) is 0 Å². The second-order valence-electron chi connectivity index (χ2n) is 4.64. The SMILES string of the molecule is O=C(O)[C@@H](CO)NC(=O)C1(c2ccc(Br)cc2)CC1. The number of nitrogens with one attached hydrogen (secondary N) is 1. The molecule has 1 atom stereocenters. The zero-order chi connectivity index (χ0) is 14.0. The molecular formula is C13H14BrNO4. The van der Waals surface area contributed by atoms with Gasteiger partial charge in [0.1, 0.15) is 6.04 Å². The number of carbonyl (C=O) groups is 2. The minimum Gasteiger partial charge on any atom is -0.480 e. The molecule has 1 amide bonds. The summed E-state index contributed by atoms with van der Waals surface area (Å²) in [5.74, 6) is -1.57. The largest absolute Gasteiger partial charge is 0.480 e. The molecule has 2 rings (SSSR count). The molecule has 102 valence electrons. The summed E-state index contributed by atoms with van der Waals surface area (Å²) >= 11 is 3.33. The van der Waals surface area contributed by atoms with Gasteiger partial charge in [-0.25, -0.2) is 4.79 Å². The quantitative estimate of drug-likeness (QED) is 0.754. The van der Waals surface area contributed by atoms with E-state index in [1.54, 1.807) is 0 Å². The summed E-state index contributed by atoms with van der Waals surface area (Å²) in [5, 5.41) is 20.2. The molecule has 5 nitrogen and oxygen atoms in total. The van der Waals surface area contributed by atoms with Crippen molar-refractivity contribution in [2.24, 2.45) is 0 Å². The van der Waals surface area contributed by atoms with E-state index >= 15 is 0 Å². The zero-order valence-electron chi connectivity index (χ0n) is 10.1. The van der Waals surface area contributed by atoms with E-state index in [1.807, 2.05) is 24.3 Å². The van der Waals surface area contributed by atoms with Crippen LogP contribution in [0.4, 0.5) is 0 Å². The maximum Gasteiger partial charge on any atom is 0.328 e. The summed E-state index contributed by atoms with van der Waals surface area (Å²) in [4.78, 5) is 23.0. The first-order valence-corrected chi connectivity index (χ1v) is 6.69. The van der Waals surface area contributed by atoms with Gasteiger partial charge in [0.2, 0.25) is 5.91 Å². The molecule has 0 unspecified atom stereocenters. The lowest BCUT2D eigenvalue weighted by atomic mass is 9.95. The number of aliphatic hydroxyl groups excluding tert-OH is 1. The molecule has 1 aliphatic rings. The van der Waals surface area contributed by atoms with Gasteiger partial charge in [0.25, 0.3) is 0 Å². The smallest absolute Gasteiger partial charge is 0.328 e. The lowest BCUT2D eigenvalue weighted by Gasteiger charge is -2.19. The standard InChI is InChI=1S/C13H14BrNO4/c14-9-3-1-8(2-4-9)13(5-6-13)12(19)15-10(7-16)11(17)18/h1-4,10,16H,5-7H2,(H,15,19)(H,17,18)/t10-/m1/s1. The Hall–Kier alpha value is -1.40. The van der Waals surface area contributed by atoms with Gasteiger partial charge >= 0.3 is 5.97 Å². The third-order valence-electron chi connectivity index (χ3n) is 3.37. The molecule has 0 aliphatic heterocycles. The van der Waals surface area contributed by atoms with Crippen LogP contribution in [0.5, 0.6) is 0 Å². The Balaban J connectivity index is 2.14. The molecule has 1 fully saturated rings. The van der Waals surface area contributed by atoms with Crippen molar-refractivity contribution in [1.29, 1.82) is 0 Å². The van der Waals surface area contributed by atoms with Crippen molar-refractivity contribution in [3.63, 3.8) is 0 Å². The molecule has 0 heterocycles. The van der Waals surface area contributed by atoms with E-state index in [1.165, 1.54) is 0 Å². The van der Waals surface area contributed by atoms with Gasteiger partial charge in [-0.1, -0.05) is 28.1 Å². The van der Waals surface area contributed by atoms with Crippen molar-refractivity contribution in [1.82, 2.24) is 5.32 Å². The number of carboxylic acids is 1. The second kappa shape index (κ2) is 5.30. The van der Waals surface area contributed by atoms with Crippen LogP contribution in [0.15, 0.2) is 28.7 Å². The zero-order valence-corrected chi connectivity index (χ0v) is 11.7. The van der Waals surface area contributed by atoms with Crippen LogP contribution in [-0.2, 0) is 15.0 Å². The van der Waals surface area contributed by atoms with Crippen molar-refractivity contribution in [2.45, 2.75) is 24.3 Å². The summed E-state index contributed by atoms with van der Waals surface area (Å²) in [6.07, 6.45) is 1.39. The minimum atomic E-state index is -1.25. The summed E-state index contributed by atoms with van der Waals surface area (Å²) in [7, 11) is 0. The highest BCUT2D eigenvalue weighted by Crippen LogP contribution is 2.48. The molecule has 0 bridgehead atoms. The molecule has 0 radical (unpaired) electrons. The number of carbonyl (C=O) groups excluding carboxylic acids is 1. The van der Waals surface area contributed by atoms with Gasteiger partial charge in [-0.15, -0.1) is 0 Å². The molecule has 3 N–H and O–H groups in total. The summed E-state index contributed by atoms with van der Waals surface area (Å²) < 4.78 is 0.922. The summed E-state index contributed by atoms with van der Waals surface area (Å²) in [6.45, 7) is -0.614. The van der Waals surface area contributed by atoms with E-state index in [0.29, 0.717) is 12.8 Å². The fourth-order valence-electron chi connectivity index (χ4n) is 2.02. The first-order chi connectivity index (χ1) is 8.99. The Kier molecular flexibility index (Phi) is 3.91. The predicted molar refractivity (Wildman–Crippen MR) is 71.7 cm³/mol. The highest BCUT2D eigenvalue weighted by atomic mass is 79.9. The van der Waals surface area contributed by atoms with Crippen LogP contribution >= 0.6 is 15.9 Å². The number of halogens is 1. The van der Waals surface area contributed by atoms with Crippen molar-refractivity contribution in [3.8, 4) is 0 Å². The van der Waals surface area contributed by atoms with Crippen LogP contribution in [-0.4, -0.2) is 34.7 Å². The van der Waals surface area contributed by atoms with Gasteiger partial charge in [-0.05, 0) is 30.5 Å². The van der Waals surface area contributed by atoms with E-state index in [-0.39, 0.29) is 5.91 Å². The molecular weight excluding hydrogens is 314 g/mol. The van der Waals surface area contributed by atoms with Gasteiger partial charge in [-0.3, -0.25) is 4.79 Å². The van der Waals surface area contributed by atoms with Gasteiger partial charge in [0.05, 0.1) is 12.0 Å². The molecule has 0 spiro atoms. The average Bonchev–Trinajstić information content (AvgIpc) is 3.17. The van der Waals surface area contributed by atoms with Crippen LogP contribution in [0.25, 0.3) is 0 Å². The molecule has 6 heteroatoms. The first kappa shape index (κ1) is 14.0. The molecule has 1 saturated carbocycles. The van der Waals surface area contributed by atoms with E-state index in [9.17, 15) is 9.59 Å². The molecule has 1 aliphatic carbocycles. The Morgan fingerprint density at radius 2 is 1.89 bits per heavy atom. The first-order valence-electron chi connectivity index (χ1n) is 5.90. The topological polar surface area (TPSA) is 86.6 Å².